The van der Waals surface area contributed by atoms with Gasteiger partial charge in [0.05, 0.1) is 5.41 Å². The Morgan fingerprint density at radius 1 is 1.03 bits per heavy atom. The topological polar surface area (TPSA) is 71.4 Å². The molecule has 4 heteroatoms. The van der Waals surface area contributed by atoms with Gasteiger partial charge in [-0.15, -0.1) is 0 Å². The Hall–Kier alpha value is -1.97. The molecule has 0 aliphatic heterocycles. The van der Waals surface area contributed by atoms with Gasteiger partial charge >= 0.3 is 5.97 Å². The third-order valence-corrected chi connectivity index (χ3v) is 12.1. The molecule has 3 saturated carbocycles. The summed E-state index contributed by atoms with van der Waals surface area (Å²) in [5.74, 6) is -0.935. The van der Waals surface area contributed by atoms with E-state index in [1.165, 1.54) is 5.57 Å². The number of fused-ring (bicyclic) bond motifs is 7. The van der Waals surface area contributed by atoms with E-state index in [4.69, 9.17) is 0 Å². The molecule has 0 aromatic rings. The molecule has 7 atom stereocenters. The summed E-state index contributed by atoms with van der Waals surface area (Å²) in [7, 11) is 0. The Labute approximate surface area is 210 Å². The van der Waals surface area contributed by atoms with Gasteiger partial charge in [0.1, 0.15) is 0 Å². The van der Waals surface area contributed by atoms with Crippen molar-refractivity contribution in [1.82, 2.24) is 0 Å². The quantitative estimate of drug-likeness (QED) is 0.268. The standard InChI is InChI=1S/C31H42O4/c1-8-31-14-12-29(6)20-16-21(32)25(33)19(3)24(20)18(2)15-22(29)30(31,7)13-11-27(4)9-10-28(5,26(34)35)17-23(27)31/h15-16,18,23H,8-14,17H2,1-7H3,(H,34,35)/t18?,23-,27-,28-,29+,30-,31+/m1/s1. The molecule has 5 aliphatic carbocycles. The van der Waals surface area contributed by atoms with E-state index in [0.717, 1.165) is 62.5 Å². The average molecular weight is 479 g/mol. The normalized spacial score (nSPS) is 47.2. The van der Waals surface area contributed by atoms with Gasteiger partial charge in [-0.2, -0.15) is 0 Å². The van der Waals surface area contributed by atoms with Gasteiger partial charge in [-0.3, -0.25) is 14.4 Å². The summed E-state index contributed by atoms with van der Waals surface area (Å²) in [6, 6.07) is 0. The van der Waals surface area contributed by atoms with Crippen LogP contribution in [0.5, 0.6) is 0 Å². The van der Waals surface area contributed by atoms with Crippen LogP contribution in [0.15, 0.2) is 34.4 Å². The van der Waals surface area contributed by atoms with E-state index in [1.54, 1.807) is 6.08 Å². The Balaban J connectivity index is 1.69. The molecule has 0 radical (unpaired) electrons. The first-order valence-corrected chi connectivity index (χ1v) is 13.7. The molecule has 35 heavy (non-hydrogen) atoms. The largest absolute Gasteiger partial charge is 0.481 e. The Morgan fingerprint density at radius 3 is 2.31 bits per heavy atom. The summed E-state index contributed by atoms with van der Waals surface area (Å²) in [6.07, 6.45) is 11.8. The second-order valence-corrected chi connectivity index (χ2v) is 13.6. The number of allylic oxidation sites excluding steroid dienone is 6. The van der Waals surface area contributed by atoms with E-state index in [9.17, 15) is 19.5 Å². The van der Waals surface area contributed by atoms with E-state index >= 15 is 0 Å². The number of carbonyl (C=O) groups is 3. The van der Waals surface area contributed by atoms with Gasteiger partial charge in [-0.25, -0.2) is 0 Å². The van der Waals surface area contributed by atoms with Gasteiger partial charge in [0.15, 0.2) is 0 Å². The summed E-state index contributed by atoms with van der Waals surface area (Å²) in [5, 5.41) is 10.2. The molecule has 3 fully saturated rings. The number of aliphatic carboxylic acids is 1. The fourth-order valence-electron chi connectivity index (χ4n) is 9.75. The van der Waals surface area contributed by atoms with Gasteiger partial charge in [0.25, 0.3) is 0 Å². The number of hydrogen-bond acceptors (Lipinski definition) is 3. The lowest BCUT2D eigenvalue weighted by molar-refractivity contribution is -0.185. The molecule has 0 saturated heterocycles. The van der Waals surface area contributed by atoms with Crippen molar-refractivity contribution in [2.24, 2.45) is 38.9 Å². The molecular weight excluding hydrogens is 436 g/mol. The van der Waals surface area contributed by atoms with Crippen LogP contribution in [-0.4, -0.2) is 22.6 Å². The minimum absolute atomic E-state index is 0.0352. The number of rotatable bonds is 2. The van der Waals surface area contributed by atoms with Crippen molar-refractivity contribution in [3.63, 3.8) is 0 Å². The second kappa shape index (κ2) is 7.29. The molecule has 0 spiro atoms. The first-order valence-electron chi connectivity index (χ1n) is 13.7. The molecule has 5 rings (SSSR count). The number of carboxylic acid groups (broad SMARTS) is 1. The van der Waals surface area contributed by atoms with Gasteiger partial charge in [-0.1, -0.05) is 46.3 Å². The minimum atomic E-state index is -0.661. The lowest BCUT2D eigenvalue weighted by Gasteiger charge is -2.71. The molecular formula is C31H42O4. The van der Waals surface area contributed by atoms with E-state index in [0.29, 0.717) is 11.5 Å². The summed E-state index contributed by atoms with van der Waals surface area (Å²) >= 11 is 0. The Morgan fingerprint density at radius 2 is 1.69 bits per heavy atom. The van der Waals surface area contributed by atoms with Crippen LogP contribution in [0.3, 0.4) is 0 Å². The van der Waals surface area contributed by atoms with Gasteiger partial charge in [0.2, 0.25) is 11.6 Å². The molecule has 1 N–H and O–H groups in total. The molecule has 0 aromatic heterocycles. The first-order chi connectivity index (χ1) is 16.2. The van der Waals surface area contributed by atoms with E-state index in [2.05, 4.69) is 40.7 Å². The van der Waals surface area contributed by atoms with Crippen molar-refractivity contribution in [2.45, 2.75) is 99.8 Å². The van der Waals surface area contributed by atoms with Crippen LogP contribution in [-0.2, 0) is 14.4 Å². The van der Waals surface area contributed by atoms with Crippen LogP contribution in [0.1, 0.15) is 99.8 Å². The van der Waals surface area contributed by atoms with E-state index in [1.807, 2.05) is 13.8 Å². The number of ketones is 2. The average Bonchev–Trinajstić information content (AvgIpc) is 2.80. The van der Waals surface area contributed by atoms with Crippen LogP contribution < -0.4 is 0 Å². The smallest absolute Gasteiger partial charge is 0.309 e. The van der Waals surface area contributed by atoms with Crippen molar-refractivity contribution in [3.8, 4) is 0 Å². The highest BCUT2D eigenvalue weighted by Gasteiger charge is 2.68. The fraction of sp³-hybridized carbons (Fsp3) is 0.710. The van der Waals surface area contributed by atoms with Gasteiger partial charge in [-0.05, 0) is 111 Å². The Kier molecular flexibility index (Phi) is 5.15. The molecule has 0 heterocycles. The van der Waals surface area contributed by atoms with Crippen molar-refractivity contribution in [1.29, 1.82) is 0 Å². The molecule has 1 unspecified atom stereocenters. The third kappa shape index (κ3) is 2.89. The van der Waals surface area contributed by atoms with Crippen LogP contribution in [0.4, 0.5) is 0 Å². The zero-order valence-corrected chi connectivity index (χ0v) is 22.6. The van der Waals surface area contributed by atoms with Crippen molar-refractivity contribution < 1.29 is 19.5 Å². The maximum atomic E-state index is 12.7. The SMILES string of the molecule is CC[C@@]12CC[C@@]3(C)C4=CC(=O)C(=O)C(C)=C4C(C)C=C3[C@@]1(C)CC[C@@]1(C)CC[C@@](C)(C(=O)O)C[C@H]12. The van der Waals surface area contributed by atoms with Crippen LogP contribution in [0, 0.1) is 38.9 Å². The van der Waals surface area contributed by atoms with Crippen molar-refractivity contribution in [2.75, 3.05) is 0 Å². The van der Waals surface area contributed by atoms with Crippen molar-refractivity contribution in [3.05, 3.63) is 34.4 Å². The number of carbonyl (C=O) groups excluding carboxylic acids is 2. The number of Topliss-reactive ketones (excluding diaryl/α,β-unsaturated/α-hetero) is 1. The van der Waals surface area contributed by atoms with Crippen LogP contribution >= 0.6 is 0 Å². The lowest BCUT2D eigenvalue weighted by atomic mass is 9.33. The van der Waals surface area contributed by atoms with Crippen LogP contribution in [0.25, 0.3) is 0 Å². The highest BCUT2D eigenvalue weighted by Crippen LogP contribution is 2.77. The summed E-state index contributed by atoms with van der Waals surface area (Å²) in [4.78, 5) is 37.6. The lowest BCUT2D eigenvalue weighted by Crippen LogP contribution is -2.63. The summed E-state index contributed by atoms with van der Waals surface area (Å²) < 4.78 is 0. The molecule has 0 bridgehead atoms. The molecule has 190 valence electrons. The third-order valence-electron chi connectivity index (χ3n) is 12.1. The highest BCUT2D eigenvalue weighted by atomic mass is 16.4. The number of carboxylic acids is 1. The second-order valence-electron chi connectivity index (χ2n) is 13.6. The van der Waals surface area contributed by atoms with E-state index < -0.39 is 11.4 Å². The summed E-state index contributed by atoms with van der Waals surface area (Å²) in [5.41, 5.74) is 3.43. The monoisotopic (exact) mass is 478 g/mol. The molecule has 5 aliphatic rings. The maximum absolute atomic E-state index is 12.7. The predicted molar refractivity (Wildman–Crippen MR) is 137 cm³/mol. The first kappa shape index (κ1) is 24.7. The zero-order chi connectivity index (χ0) is 25.8. The molecule has 0 aromatic carbocycles. The van der Waals surface area contributed by atoms with Crippen molar-refractivity contribution >= 4 is 17.5 Å². The highest BCUT2D eigenvalue weighted by molar-refractivity contribution is 6.48. The van der Waals surface area contributed by atoms with Crippen LogP contribution in [0.2, 0.25) is 0 Å². The fourth-order valence-corrected chi connectivity index (χ4v) is 9.75. The van der Waals surface area contributed by atoms with Gasteiger partial charge < -0.3 is 5.11 Å². The molecule has 0 amide bonds. The van der Waals surface area contributed by atoms with E-state index in [-0.39, 0.29) is 39.1 Å². The minimum Gasteiger partial charge on any atom is -0.481 e. The zero-order valence-electron chi connectivity index (χ0n) is 22.6. The Bertz CT molecular complexity index is 1140. The van der Waals surface area contributed by atoms with Gasteiger partial charge in [0, 0.05) is 11.0 Å². The maximum Gasteiger partial charge on any atom is 0.309 e. The predicted octanol–water partition coefficient (Wildman–Crippen LogP) is 6.85. The molecule has 4 nitrogen and oxygen atoms in total. The number of hydrogen-bond donors (Lipinski definition) is 1. The summed E-state index contributed by atoms with van der Waals surface area (Å²) in [6.45, 7) is 15.5.